The summed E-state index contributed by atoms with van der Waals surface area (Å²) < 4.78 is 10.4. The molecule has 0 amide bonds. The molecule has 0 aliphatic carbocycles. The summed E-state index contributed by atoms with van der Waals surface area (Å²) in [5.74, 6) is -0.709. The summed E-state index contributed by atoms with van der Waals surface area (Å²) in [6.45, 7) is 3.94. The zero-order valence-corrected chi connectivity index (χ0v) is 12.9. The van der Waals surface area contributed by atoms with Gasteiger partial charge < -0.3 is 20.3 Å². The minimum Gasteiger partial charge on any atom is -0.493 e. The Bertz CT molecular complexity index is 566. The van der Waals surface area contributed by atoms with Crippen LogP contribution < -0.4 is 15.2 Å². The highest BCUT2D eigenvalue weighted by Crippen LogP contribution is 2.29. The van der Waals surface area contributed by atoms with Crippen LogP contribution in [0.1, 0.15) is 25.8 Å². The number of esters is 1. The van der Waals surface area contributed by atoms with E-state index in [0.29, 0.717) is 17.7 Å². The molecule has 0 bridgehead atoms. The number of hydrogen-bond acceptors (Lipinski definition) is 5. The van der Waals surface area contributed by atoms with Gasteiger partial charge in [-0.05, 0) is 36.1 Å². The molecule has 0 saturated heterocycles. The lowest BCUT2D eigenvalue weighted by atomic mass is 10.1. The molecule has 0 fully saturated rings. The van der Waals surface area contributed by atoms with Gasteiger partial charge in [-0.2, -0.15) is 0 Å². The van der Waals surface area contributed by atoms with Gasteiger partial charge in [0.25, 0.3) is 0 Å². The predicted molar refractivity (Wildman–Crippen MR) is 82.7 cm³/mol. The molecule has 0 saturated carbocycles. The monoisotopic (exact) mass is 307 g/mol. The van der Waals surface area contributed by atoms with Crippen LogP contribution in [0.15, 0.2) is 24.3 Å². The molecule has 1 rings (SSSR count). The average molecular weight is 307 g/mol. The molecule has 3 N–H and O–H groups in total. The van der Waals surface area contributed by atoms with Crippen LogP contribution in [0.2, 0.25) is 0 Å². The fourth-order valence-electron chi connectivity index (χ4n) is 1.83. The summed E-state index contributed by atoms with van der Waals surface area (Å²) in [5, 5.41) is 8.61. The van der Waals surface area contributed by atoms with Crippen LogP contribution in [-0.2, 0) is 9.59 Å². The summed E-state index contributed by atoms with van der Waals surface area (Å²) >= 11 is 0. The first kappa shape index (κ1) is 17.7. The first-order valence-corrected chi connectivity index (χ1v) is 6.89. The molecule has 0 aromatic heterocycles. The number of aliphatic carboxylic acids is 1. The van der Waals surface area contributed by atoms with E-state index in [9.17, 15) is 9.59 Å². The first-order chi connectivity index (χ1) is 10.3. The minimum absolute atomic E-state index is 0.249. The number of carboxylic acids is 1. The molecule has 120 valence electrons. The van der Waals surface area contributed by atoms with Gasteiger partial charge >= 0.3 is 11.9 Å². The highest BCUT2D eigenvalue weighted by atomic mass is 16.6. The number of methoxy groups -OCH3 is 1. The van der Waals surface area contributed by atoms with E-state index in [1.165, 1.54) is 13.2 Å². The Morgan fingerprint density at radius 2 is 2.00 bits per heavy atom. The van der Waals surface area contributed by atoms with E-state index in [2.05, 4.69) is 0 Å². The van der Waals surface area contributed by atoms with Crippen molar-refractivity contribution < 1.29 is 24.2 Å². The second-order valence-electron chi connectivity index (χ2n) is 5.24. The van der Waals surface area contributed by atoms with Gasteiger partial charge in [0, 0.05) is 6.08 Å². The van der Waals surface area contributed by atoms with E-state index in [-0.39, 0.29) is 11.7 Å². The molecule has 0 radical (unpaired) electrons. The lowest BCUT2D eigenvalue weighted by Crippen LogP contribution is -2.35. The van der Waals surface area contributed by atoms with E-state index in [1.807, 2.05) is 13.8 Å². The van der Waals surface area contributed by atoms with E-state index in [1.54, 1.807) is 18.2 Å². The molecule has 0 unspecified atom stereocenters. The van der Waals surface area contributed by atoms with Crippen molar-refractivity contribution in [3.05, 3.63) is 29.8 Å². The molecule has 6 heteroatoms. The molecule has 0 aliphatic rings. The van der Waals surface area contributed by atoms with E-state index < -0.39 is 18.0 Å². The maximum atomic E-state index is 11.9. The zero-order chi connectivity index (χ0) is 16.7. The van der Waals surface area contributed by atoms with E-state index in [4.69, 9.17) is 20.3 Å². The number of benzene rings is 1. The fraction of sp³-hybridized carbons (Fsp3) is 0.375. The van der Waals surface area contributed by atoms with Crippen LogP contribution in [-0.4, -0.2) is 30.2 Å². The second kappa shape index (κ2) is 8.19. The predicted octanol–water partition coefficient (Wildman–Crippen LogP) is 2.07. The van der Waals surface area contributed by atoms with Gasteiger partial charge in [0.15, 0.2) is 11.5 Å². The molecule has 22 heavy (non-hydrogen) atoms. The highest BCUT2D eigenvalue weighted by molar-refractivity contribution is 5.85. The Hall–Kier alpha value is -2.34. The smallest absolute Gasteiger partial charge is 0.328 e. The number of ether oxygens (including phenoxy) is 2. The molecule has 1 aromatic carbocycles. The van der Waals surface area contributed by atoms with Crippen molar-refractivity contribution in [2.24, 2.45) is 11.7 Å². The van der Waals surface area contributed by atoms with Crippen LogP contribution >= 0.6 is 0 Å². The van der Waals surface area contributed by atoms with Crippen molar-refractivity contribution in [3.8, 4) is 11.5 Å². The minimum atomic E-state index is -1.05. The summed E-state index contributed by atoms with van der Waals surface area (Å²) in [6.07, 6.45) is 2.96. The van der Waals surface area contributed by atoms with E-state index >= 15 is 0 Å². The van der Waals surface area contributed by atoms with Crippen molar-refractivity contribution in [2.75, 3.05) is 7.11 Å². The third kappa shape index (κ3) is 5.57. The number of rotatable bonds is 7. The lowest BCUT2D eigenvalue weighted by molar-refractivity contribution is -0.136. The second-order valence-corrected chi connectivity index (χ2v) is 5.24. The number of carbonyl (C=O) groups excluding carboxylic acids is 1. The van der Waals surface area contributed by atoms with Crippen molar-refractivity contribution in [3.63, 3.8) is 0 Å². The third-order valence-corrected chi connectivity index (χ3v) is 2.84. The molecular formula is C16H21NO5. The number of hydrogen-bond donors (Lipinski definition) is 2. The largest absolute Gasteiger partial charge is 0.493 e. The normalized spacial score (nSPS) is 12.4. The molecule has 1 atom stereocenters. The van der Waals surface area contributed by atoms with Gasteiger partial charge in [-0.25, -0.2) is 9.59 Å². The van der Waals surface area contributed by atoms with E-state index in [0.717, 1.165) is 6.08 Å². The van der Waals surface area contributed by atoms with Crippen LogP contribution in [0.3, 0.4) is 0 Å². The van der Waals surface area contributed by atoms with Gasteiger partial charge in [-0.1, -0.05) is 19.9 Å². The van der Waals surface area contributed by atoms with Gasteiger partial charge in [-0.3, -0.25) is 0 Å². The number of carboxylic acid groups (broad SMARTS) is 1. The third-order valence-electron chi connectivity index (χ3n) is 2.84. The standard InChI is InChI=1S/C16H21NO5/c1-10(2)8-12(17)16(20)22-13-6-4-11(5-7-15(18)19)9-14(13)21-3/h4-7,9-10,12H,8,17H2,1-3H3,(H,18,19)/t12-/m0/s1. The zero-order valence-electron chi connectivity index (χ0n) is 12.9. The quantitative estimate of drug-likeness (QED) is 0.454. The van der Waals surface area contributed by atoms with Crippen LogP contribution in [0, 0.1) is 5.92 Å². The lowest BCUT2D eigenvalue weighted by Gasteiger charge is -2.15. The van der Waals surface area contributed by atoms with Crippen molar-refractivity contribution in [2.45, 2.75) is 26.3 Å². The highest BCUT2D eigenvalue weighted by Gasteiger charge is 2.19. The Balaban J connectivity index is 2.87. The molecule has 1 aromatic rings. The van der Waals surface area contributed by atoms with Gasteiger partial charge in [-0.15, -0.1) is 0 Å². The van der Waals surface area contributed by atoms with Gasteiger partial charge in [0.1, 0.15) is 6.04 Å². The molecule has 0 heterocycles. The van der Waals surface area contributed by atoms with Crippen molar-refractivity contribution in [1.82, 2.24) is 0 Å². The van der Waals surface area contributed by atoms with Crippen LogP contribution in [0.4, 0.5) is 0 Å². The summed E-state index contributed by atoms with van der Waals surface area (Å²) in [6, 6.07) is 4.05. The van der Waals surface area contributed by atoms with Crippen LogP contribution in [0.25, 0.3) is 6.08 Å². The Morgan fingerprint density at radius 3 is 2.55 bits per heavy atom. The van der Waals surface area contributed by atoms with Crippen LogP contribution in [0.5, 0.6) is 11.5 Å². The fourth-order valence-corrected chi connectivity index (χ4v) is 1.83. The Morgan fingerprint density at radius 1 is 1.32 bits per heavy atom. The molecule has 6 nitrogen and oxygen atoms in total. The van der Waals surface area contributed by atoms with Gasteiger partial charge in [0.05, 0.1) is 7.11 Å². The number of carbonyl (C=O) groups is 2. The Labute approximate surface area is 129 Å². The summed E-state index contributed by atoms with van der Waals surface area (Å²) in [7, 11) is 1.44. The summed E-state index contributed by atoms with van der Waals surface area (Å²) in [5.41, 5.74) is 6.39. The van der Waals surface area contributed by atoms with Crippen molar-refractivity contribution >= 4 is 18.0 Å². The topological polar surface area (TPSA) is 98.9 Å². The maximum Gasteiger partial charge on any atom is 0.328 e. The van der Waals surface area contributed by atoms with Gasteiger partial charge in [0.2, 0.25) is 0 Å². The summed E-state index contributed by atoms with van der Waals surface area (Å²) in [4.78, 5) is 22.4. The molecular weight excluding hydrogens is 286 g/mol. The SMILES string of the molecule is COc1cc(C=CC(=O)O)ccc1OC(=O)[C@@H](N)CC(C)C. The molecule has 0 aliphatic heterocycles. The molecule has 0 spiro atoms. The number of nitrogens with two attached hydrogens (primary N) is 1. The average Bonchev–Trinajstić information content (AvgIpc) is 2.45. The first-order valence-electron chi connectivity index (χ1n) is 6.89. The maximum absolute atomic E-state index is 11.9. The van der Waals surface area contributed by atoms with Crippen molar-refractivity contribution in [1.29, 1.82) is 0 Å². The Kier molecular flexibility index (Phi) is 6.59.